The van der Waals surface area contributed by atoms with E-state index in [4.69, 9.17) is 0 Å². The van der Waals surface area contributed by atoms with Crippen LogP contribution in [0, 0.1) is 0 Å². The normalized spacial score (nSPS) is 14.4. The van der Waals surface area contributed by atoms with Crippen molar-refractivity contribution in [2.45, 2.75) is 6.42 Å². The number of carbonyl (C=O) groups excluding carboxylic acids is 3. The molecule has 0 spiro atoms. The van der Waals surface area contributed by atoms with Crippen molar-refractivity contribution in [2.24, 2.45) is 4.99 Å². The van der Waals surface area contributed by atoms with Crippen LogP contribution in [0.1, 0.15) is 6.42 Å². The lowest BCUT2D eigenvalue weighted by molar-refractivity contribution is -0.137. The van der Waals surface area contributed by atoms with Crippen molar-refractivity contribution >= 4 is 23.6 Å². The second-order valence-corrected chi connectivity index (χ2v) is 3.38. The van der Waals surface area contributed by atoms with E-state index in [0.717, 1.165) is 7.11 Å². The van der Waals surface area contributed by atoms with Gasteiger partial charge < -0.3 is 14.2 Å². The van der Waals surface area contributed by atoms with Crippen LogP contribution in [0.4, 0.5) is 0 Å². The van der Waals surface area contributed by atoms with Crippen molar-refractivity contribution in [1.29, 1.82) is 0 Å². The Bertz CT molecular complexity index is 500. The molecule has 0 aliphatic carbocycles. The highest BCUT2D eigenvalue weighted by Crippen LogP contribution is 2.15. The zero-order chi connectivity index (χ0) is 14.4. The molecule has 1 aliphatic heterocycles. The van der Waals surface area contributed by atoms with Gasteiger partial charge in [-0.1, -0.05) is 6.08 Å². The Morgan fingerprint density at radius 3 is 2.05 bits per heavy atom. The summed E-state index contributed by atoms with van der Waals surface area (Å²) in [4.78, 5) is 38.5. The van der Waals surface area contributed by atoms with Gasteiger partial charge in [-0.25, -0.2) is 19.4 Å². The maximum absolute atomic E-state index is 11.6. The maximum Gasteiger partial charge on any atom is 0.357 e. The number of ether oxygens (including phenoxy) is 3. The van der Waals surface area contributed by atoms with Crippen LogP contribution in [0.15, 0.2) is 28.4 Å². The van der Waals surface area contributed by atoms with Gasteiger partial charge in [0.2, 0.25) is 0 Å². The standard InChI is InChI=1S/C12H13NO6/c1-17-10(14)7-5-4-6-8(11(15)18-2)13-9(7)12(16)19-3/h5-6H,4H2,1-3H3. The molecule has 19 heavy (non-hydrogen) atoms. The van der Waals surface area contributed by atoms with E-state index in [1.165, 1.54) is 26.4 Å². The lowest BCUT2D eigenvalue weighted by Gasteiger charge is -2.06. The van der Waals surface area contributed by atoms with E-state index < -0.39 is 17.9 Å². The molecule has 0 saturated carbocycles. The lowest BCUT2D eigenvalue weighted by atomic mass is 10.1. The number of nitrogens with zero attached hydrogens (tertiary/aromatic N) is 1. The fraction of sp³-hybridized carbons (Fsp3) is 0.333. The van der Waals surface area contributed by atoms with E-state index >= 15 is 0 Å². The number of rotatable bonds is 3. The molecular weight excluding hydrogens is 254 g/mol. The first-order valence-electron chi connectivity index (χ1n) is 5.29. The maximum atomic E-state index is 11.6. The van der Waals surface area contributed by atoms with Crippen LogP contribution in [0.5, 0.6) is 0 Å². The fourth-order valence-corrected chi connectivity index (χ4v) is 1.39. The molecule has 0 unspecified atom stereocenters. The minimum atomic E-state index is -0.839. The SMILES string of the molecule is COC(=O)C1=CCC=C(C(=O)OC)C(C(=O)OC)=N1. The molecule has 1 rings (SSSR count). The molecule has 7 heteroatoms. The predicted molar refractivity (Wildman–Crippen MR) is 64.3 cm³/mol. The second kappa shape index (κ2) is 6.48. The third-order valence-corrected chi connectivity index (χ3v) is 2.30. The Balaban J connectivity index is 3.25. The summed E-state index contributed by atoms with van der Waals surface area (Å²) in [6.07, 6.45) is 3.10. The van der Waals surface area contributed by atoms with E-state index in [0.29, 0.717) is 0 Å². The van der Waals surface area contributed by atoms with Gasteiger partial charge >= 0.3 is 17.9 Å². The Kier molecular flexibility index (Phi) is 4.99. The Morgan fingerprint density at radius 1 is 0.947 bits per heavy atom. The number of methoxy groups -OCH3 is 3. The smallest absolute Gasteiger partial charge is 0.357 e. The molecule has 0 aromatic carbocycles. The Labute approximate surface area is 109 Å². The Hall–Kier alpha value is -2.44. The summed E-state index contributed by atoms with van der Waals surface area (Å²) >= 11 is 0. The van der Waals surface area contributed by atoms with Gasteiger partial charge in [0.1, 0.15) is 5.70 Å². The van der Waals surface area contributed by atoms with Crippen molar-refractivity contribution in [3.63, 3.8) is 0 Å². The van der Waals surface area contributed by atoms with Gasteiger partial charge in [-0.2, -0.15) is 0 Å². The topological polar surface area (TPSA) is 91.3 Å². The quantitative estimate of drug-likeness (QED) is 0.534. The molecule has 7 nitrogen and oxygen atoms in total. The van der Waals surface area contributed by atoms with Gasteiger partial charge in [-0.15, -0.1) is 0 Å². The molecule has 0 radical (unpaired) electrons. The highest BCUT2D eigenvalue weighted by molar-refractivity contribution is 6.49. The predicted octanol–water partition coefficient (Wildman–Crippen LogP) is 0.160. The Morgan fingerprint density at radius 2 is 1.53 bits per heavy atom. The number of aliphatic imine (C=N–C) groups is 1. The number of hydrogen-bond donors (Lipinski definition) is 0. The molecule has 0 fully saturated rings. The molecular formula is C12H13NO6. The first-order chi connectivity index (χ1) is 9.04. The van der Waals surface area contributed by atoms with Crippen molar-refractivity contribution in [2.75, 3.05) is 21.3 Å². The average molecular weight is 267 g/mol. The monoisotopic (exact) mass is 267 g/mol. The summed E-state index contributed by atoms with van der Waals surface area (Å²) < 4.78 is 13.6. The van der Waals surface area contributed by atoms with Crippen LogP contribution in [0.25, 0.3) is 0 Å². The van der Waals surface area contributed by atoms with Crippen molar-refractivity contribution in [3.8, 4) is 0 Å². The molecule has 0 bridgehead atoms. The van der Waals surface area contributed by atoms with E-state index in [9.17, 15) is 14.4 Å². The molecule has 0 aromatic heterocycles. The van der Waals surface area contributed by atoms with Gasteiger partial charge in [0, 0.05) is 0 Å². The first-order valence-corrected chi connectivity index (χ1v) is 5.29. The van der Waals surface area contributed by atoms with Crippen LogP contribution < -0.4 is 0 Å². The zero-order valence-electron chi connectivity index (χ0n) is 10.8. The highest BCUT2D eigenvalue weighted by Gasteiger charge is 2.27. The first kappa shape index (κ1) is 14.6. The summed E-state index contributed by atoms with van der Waals surface area (Å²) in [5, 5.41) is 0. The lowest BCUT2D eigenvalue weighted by Crippen LogP contribution is -2.24. The molecule has 0 N–H and O–H groups in total. The van der Waals surface area contributed by atoms with Crippen LogP contribution in [-0.2, 0) is 28.6 Å². The van der Waals surface area contributed by atoms with E-state index in [1.807, 2.05) is 0 Å². The zero-order valence-corrected chi connectivity index (χ0v) is 10.8. The van der Waals surface area contributed by atoms with Gasteiger partial charge in [-0.3, -0.25) is 0 Å². The summed E-state index contributed by atoms with van der Waals surface area (Å²) in [5.74, 6) is -2.28. The number of esters is 3. The fourth-order valence-electron chi connectivity index (χ4n) is 1.39. The average Bonchev–Trinajstić information content (AvgIpc) is 2.67. The molecule has 0 saturated heterocycles. The molecule has 1 heterocycles. The van der Waals surface area contributed by atoms with Gasteiger partial charge in [0.05, 0.1) is 26.9 Å². The second-order valence-electron chi connectivity index (χ2n) is 3.38. The van der Waals surface area contributed by atoms with Crippen molar-refractivity contribution in [3.05, 3.63) is 23.4 Å². The van der Waals surface area contributed by atoms with Crippen LogP contribution in [0.2, 0.25) is 0 Å². The van der Waals surface area contributed by atoms with Crippen molar-refractivity contribution in [1.82, 2.24) is 0 Å². The minimum absolute atomic E-state index is 0.0514. The molecule has 0 amide bonds. The summed E-state index contributed by atoms with van der Waals surface area (Å²) in [7, 11) is 3.51. The number of allylic oxidation sites excluding steroid dienone is 2. The highest BCUT2D eigenvalue weighted by atomic mass is 16.5. The number of hydrogen-bond acceptors (Lipinski definition) is 7. The molecule has 1 aliphatic rings. The van der Waals surface area contributed by atoms with Crippen LogP contribution in [-0.4, -0.2) is 44.9 Å². The third kappa shape index (κ3) is 3.27. The van der Waals surface area contributed by atoms with Crippen LogP contribution >= 0.6 is 0 Å². The van der Waals surface area contributed by atoms with Gasteiger partial charge in [0.25, 0.3) is 0 Å². The van der Waals surface area contributed by atoms with Gasteiger partial charge in [0.15, 0.2) is 5.71 Å². The van der Waals surface area contributed by atoms with Crippen molar-refractivity contribution < 1.29 is 28.6 Å². The number of carbonyl (C=O) groups is 3. The summed E-state index contributed by atoms with van der Waals surface area (Å²) in [6.45, 7) is 0. The molecule has 102 valence electrons. The summed E-state index contributed by atoms with van der Waals surface area (Å²) in [6, 6.07) is 0. The molecule has 0 aromatic rings. The van der Waals surface area contributed by atoms with E-state index in [1.54, 1.807) is 0 Å². The van der Waals surface area contributed by atoms with Crippen LogP contribution in [0.3, 0.4) is 0 Å². The molecule has 0 atom stereocenters. The van der Waals surface area contributed by atoms with Gasteiger partial charge in [-0.05, 0) is 12.5 Å². The minimum Gasteiger partial charge on any atom is -0.465 e. The van der Waals surface area contributed by atoms with E-state index in [-0.39, 0.29) is 23.4 Å². The summed E-state index contributed by atoms with van der Waals surface area (Å²) in [5.41, 5.74) is -0.411. The third-order valence-electron chi connectivity index (χ3n) is 2.30. The largest absolute Gasteiger partial charge is 0.465 e. The van der Waals surface area contributed by atoms with E-state index in [2.05, 4.69) is 19.2 Å².